The second kappa shape index (κ2) is 7.89. The molecule has 1 saturated carbocycles. The van der Waals surface area contributed by atoms with Crippen LogP contribution in [0.4, 0.5) is 0 Å². The quantitative estimate of drug-likeness (QED) is 0.556. The van der Waals surface area contributed by atoms with E-state index in [4.69, 9.17) is 4.74 Å². The van der Waals surface area contributed by atoms with Gasteiger partial charge in [0.15, 0.2) is 0 Å². The topological polar surface area (TPSA) is 26.3 Å². The molecule has 1 aliphatic carbocycles. The Bertz CT molecular complexity index is 775. The minimum Gasteiger partial charge on any atom is -0.360 e. The summed E-state index contributed by atoms with van der Waals surface area (Å²) in [5.74, 6) is 0.332. The fourth-order valence-electron chi connectivity index (χ4n) is 4.06. The van der Waals surface area contributed by atoms with Crippen molar-refractivity contribution in [3.05, 3.63) is 108 Å². The lowest BCUT2D eigenvalue weighted by Crippen LogP contribution is -2.35. The van der Waals surface area contributed by atoms with Gasteiger partial charge in [0, 0.05) is 12.3 Å². The van der Waals surface area contributed by atoms with Gasteiger partial charge in [0.05, 0.1) is 6.61 Å². The normalized spacial score (nSPS) is 17.2. The Hall–Kier alpha value is -2.71. The van der Waals surface area contributed by atoms with Crippen LogP contribution in [-0.4, -0.2) is 12.4 Å². The molecule has 1 unspecified atom stereocenters. The smallest absolute Gasteiger partial charge is 0.143 e. The molecule has 2 nitrogen and oxygen atoms in total. The summed E-state index contributed by atoms with van der Waals surface area (Å²) in [6, 6.07) is 31.0. The molecule has 0 aliphatic heterocycles. The van der Waals surface area contributed by atoms with Crippen LogP contribution in [-0.2, 0) is 15.1 Å². The zero-order chi connectivity index (χ0) is 18.5. The first-order chi connectivity index (χ1) is 13.3. The highest BCUT2D eigenvalue weighted by molar-refractivity contribution is 5.82. The van der Waals surface area contributed by atoms with E-state index in [9.17, 15) is 4.79 Å². The van der Waals surface area contributed by atoms with Gasteiger partial charge in [-0.15, -0.1) is 0 Å². The Labute approximate surface area is 160 Å². The first-order valence-electron chi connectivity index (χ1n) is 9.64. The largest absolute Gasteiger partial charge is 0.360 e. The lowest BCUT2D eigenvalue weighted by atomic mass is 9.80. The number of ketones is 1. The number of rotatable bonds is 6. The van der Waals surface area contributed by atoms with Gasteiger partial charge in [-0.05, 0) is 29.5 Å². The molecule has 0 radical (unpaired) electrons. The van der Waals surface area contributed by atoms with Crippen molar-refractivity contribution in [1.82, 2.24) is 0 Å². The minimum absolute atomic E-state index is 0.000474. The number of ether oxygens (including phenoxy) is 1. The number of carbonyl (C=O) groups excluding carboxylic acids is 1. The molecule has 0 saturated heterocycles. The summed E-state index contributed by atoms with van der Waals surface area (Å²) >= 11 is 0. The summed E-state index contributed by atoms with van der Waals surface area (Å²) in [6.07, 6.45) is 2.58. The summed E-state index contributed by atoms with van der Waals surface area (Å²) in [5.41, 5.74) is 2.50. The molecule has 0 N–H and O–H groups in total. The van der Waals surface area contributed by atoms with Crippen molar-refractivity contribution in [2.75, 3.05) is 6.61 Å². The molecular formula is C25H24O2. The number of benzene rings is 3. The fourth-order valence-corrected chi connectivity index (χ4v) is 4.06. The summed E-state index contributed by atoms with van der Waals surface area (Å²) in [7, 11) is 0. The lowest BCUT2D eigenvalue weighted by molar-refractivity contribution is -0.123. The average molecular weight is 356 g/mol. The Kier molecular flexibility index (Phi) is 5.17. The van der Waals surface area contributed by atoms with Crippen LogP contribution in [0.2, 0.25) is 0 Å². The van der Waals surface area contributed by atoms with Crippen LogP contribution in [0.3, 0.4) is 0 Å². The van der Waals surface area contributed by atoms with Gasteiger partial charge in [0.2, 0.25) is 0 Å². The Morgan fingerprint density at radius 3 is 1.56 bits per heavy atom. The highest BCUT2D eigenvalue weighted by Gasteiger charge is 2.39. The summed E-state index contributed by atoms with van der Waals surface area (Å²) < 4.78 is 6.72. The van der Waals surface area contributed by atoms with Gasteiger partial charge < -0.3 is 4.74 Å². The van der Waals surface area contributed by atoms with E-state index in [2.05, 4.69) is 36.4 Å². The van der Waals surface area contributed by atoms with E-state index >= 15 is 0 Å². The van der Waals surface area contributed by atoms with Crippen LogP contribution in [0, 0.1) is 5.92 Å². The van der Waals surface area contributed by atoms with E-state index in [-0.39, 0.29) is 5.92 Å². The highest BCUT2D eigenvalue weighted by Crippen LogP contribution is 2.41. The highest BCUT2D eigenvalue weighted by atomic mass is 16.5. The van der Waals surface area contributed by atoms with E-state index < -0.39 is 5.60 Å². The molecule has 0 heterocycles. The predicted molar refractivity (Wildman–Crippen MR) is 108 cm³/mol. The van der Waals surface area contributed by atoms with E-state index in [0.717, 1.165) is 29.5 Å². The monoisotopic (exact) mass is 356 g/mol. The third kappa shape index (κ3) is 3.45. The van der Waals surface area contributed by atoms with Crippen molar-refractivity contribution >= 4 is 5.78 Å². The van der Waals surface area contributed by atoms with Crippen molar-refractivity contribution < 1.29 is 9.53 Å². The molecule has 27 heavy (non-hydrogen) atoms. The fraction of sp³-hybridized carbons (Fsp3) is 0.240. The third-order valence-corrected chi connectivity index (χ3v) is 5.47. The van der Waals surface area contributed by atoms with Gasteiger partial charge in [-0.2, -0.15) is 0 Å². The number of hydrogen-bond donors (Lipinski definition) is 0. The molecule has 1 aliphatic rings. The molecule has 2 heteroatoms. The van der Waals surface area contributed by atoms with Crippen LogP contribution < -0.4 is 0 Å². The van der Waals surface area contributed by atoms with Crippen molar-refractivity contribution in [3.8, 4) is 0 Å². The Morgan fingerprint density at radius 1 is 0.741 bits per heavy atom. The van der Waals surface area contributed by atoms with Crippen LogP contribution >= 0.6 is 0 Å². The minimum atomic E-state index is -0.730. The van der Waals surface area contributed by atoms with Gasteiger partial charge in [0.25, 0.3) is 0 Å². The van der Waals surface area contributed by atoms with E-state index in [1.165, 1.54) is 0 Å². The van der Waals surface area contributed by atoms with Crippen molar-refractivity contribution in [2.45, 2.75) is 24.9 Å². The molecule has 0 spiro atoms. The zero-order valence-electron chi connectivity index (χ0n) is 15.4. The van der Waals surface area contributed by atoms with E-state index in [0.29, 0.717) is 18.8 Å². The van der Waals surface area contributed by atoms with Crippen molar-refractivity contribution in [2.24, 2.45) is 5.92 Å². The molecule has 3 aromatic rings. The second-order valence-electron chi connectivity index (χ2n) is 7.15. The summed E-state index contributed by atoms with van der Waals surface area (Å²) in [4.78, 5) is 12.2. The van der Waals surface area contributed by atoms with Crippen molar-refractivity contribution in [1.29, 1.82) is 0 Å². The molecule has 1 fully saturated rings. The van der Waals surface area contributed by atoms with Gasteiger partial charge in [-0.3, -0.25) is 4.79 Å². The molecule has 1 atom stereocenters. The number of Topliss-reactive ketones (excluding diaryl/α,β-unsaturated/α-hetero) is 1. The van der Waals surface area contributed by atoms with Crippen LogP contribution in [0.25, 0.3) is 0 Å². The lowest BCUT2D eigenvalue weighted by Gasteiger charge is -2.36. The molecule has 4 rings (SSSR count). The van der Waals surface area contributed by atoms with E-state index in [1.54, 1.807) is 0 Å². The standard InChI is InChI=1S/C25H24O2/c26-24-18-10-11-20(24)19-27-25(21-12-4-1-5-13-21,22-14-6-2-7-15-22)23-16-8-3-9-17-23/h1-9,12-17,20H,10-11,18-19H2. The third-order valence-electron chi connectivity index (χ3n) is 5.47. The van der Waals surface area contributed by atoms with Crippen molar-refractivity contribution in [3.63, 3.8) is 0 Å². The Balaban J connectivity index is 1.85. The SMILES string of the molecule is O=C1CCCC1COC(c1ccccc1)(c1ccccc1)c1ccccc1. The maximum atomic E-state index is 12.2. The van der Waals surface area contributed by atoms with Gasteiger partial charge in [-0.25, -0.2) is 0 Å². The first kappa shape index (κ1) is 17.7. The van der Waals surface area contributed by atoms with Gasteiger partial charge in [0.1, 0.15) is 11.4 Å². The molecule has 0 aromatic heterocycles. The van der Waals surface area contributed by atoms with Gasteiger partial charge in [-0.1, -0.05) is 91.0 Å². The van der Waals surface area contributed by atoms with E-state index in [1.807, 2.05) is 54.6 Å². The Morgan fingerprint density at radius 2 is 1.19 bits per heavy atom. The maximum Gasteiger partial charge on any atom is 0.143 e. The molecule has 0 bridgehead atoms. The predicted octanol–water partition coefficient (Wildman–Crippen LogP) is 5.36. The number of hydrogen-bond acceptors (Lipinski definition) is 2. The summed E-state index contributed by atoms with van der Waals surface area (Å²) in [6.45, 7) is 0.442. The average Bonchev–Trinajstić information content (AvgIpc) is 3.16. The molecule has 136 valence electrons. The maximum absolute atomic E-state index is 12.2. The van der Waals surface area contributed by atoms with Crippen LogP contribution in [0.1, 0.15) is 36.0 Å². The zero-order valence-corrected chi connectivity index (χ0v) is 15.4. The van der Waals surface area contributed by atoms with Crippen LogP contribution in [0.15, 0.2) is 91.0 Å². The summed E-state index contributed by atoms with van der Waals surface area (Å²) in [5, 5.41) is 0. The molecular weight excluding hydrogens is 332 g/mol. The number of carbonyl (C=O) groups is 1. The van der Waals surface area contributed by atoms with Crippen LogP contribution in [0.5, 0.6) is 0 Å². The first-order valence-corrected chi connectivity index (χ1v) is 9.64. The molecule has 3 aromatic carbocycles. The second-order valence-corrected chi connectivity index (χ2v) is 7.15. The van der Waals surface area contributed by atoms with Gasteiger partial charge >= 0.3 is 0 Å². The molecule has 0 amide bonds.